The van der Waals surface area contributed by atoms with E-state index in [1.807, 2.05) is 72.8 Å². The number of nitrogens with one attached hydrogen (secondary N) is 1. The third-order valence-electron chi connectivity index (χ3n) is 4.12. The zero-order valence-corrected chi connectivity index (χ0v) is 20.8. The van der Waals surface area contributed by atoms with Gasteiger partial charge < -0.3 is 18.1 Å². The van der Waals surface area contributed by atoms with Crippen LogP contribution in [0.5, 0.6) is 23.0 Å². The topological polar surface area (TPSA) is 49.0 Å². The summed E-state index contributed by atoms with van der Waals surface area (Å²) in [7, 11) is 0. The van der Waals surface area contributed by atoms with Crippen molar-refractivity contribution in [3.63, 3.8) is 0 Å². The maximum Gasteiger partial charge on any atom is 0.374 e. The van der Waals surface area contributed by atoms with E-state index in [-0.39, 0.29) is 0 Å². The summed E-state index contributed by atoms with van der Waals surface area (Å²) < 4.78 is 24.7. The van der Waals surface area contributed by atoms with Crippen molar-refractivity contribution < 1.29 is 18.1 Å². The Morgan fingerprint density at radius 3 is 0.818 bits per heavy atom. The van der Waals surface area contributed by atoms with Crippen LogP contribution in [0.25, 0.3) is 0 Å². The molecule has 0 radical (unpaired) electrons. The second-order valence-corrected chi connectivity index (χ2v) is 13.1. The lowest BCUT2D eigenvalue weighted by molar-refractivity contribution is 0.456. The van der Waals surface area contributed by atoms with Crippen LogP contribution in [0.2, 0.25) is 0 Å². The van der Waals surface area contributed by atoms with Crippen LogP contribution in [-0.2, 0) is 23.6 Å². The summed E-state index contributed by atoms with van der Waals surface area (Å²) in [5, 5.41) is 0. The summed E-state index contributed by atoms with van der Waals surface area (Å²) in [6.07, 6.45) is 0. The van der Waals surface area contributed by atoms with E-state index in [1.165, 1.54) is 0 Å². The number of para-hydroxylation sites is 4. The zero-order chi connectivity index (χ0) is 23.0. The van der Waals surface area contributed by atoms with Crippen molar-refractivity contribution in [2.75, 3.05) is 0 Å². The molecule has 0 saturated carbocycles. The Bertz CT molecular complexity index is 1060. The van der Waals surface area contributed by atoms with Gasteiger partial charge in [-0.15, -0.1) is 4.86 Å². The first-order valence-corrected chi connectivity index (χ1v) is 15.3. The molecule has 5 nitrogen and oxygen atoms in total. The van der Waals surface area contributed by atoms with E-state index in [4.69, 9.17) is 41.7 Å². The SMILES string of the molecule is S=P(NP(=S)(Oc1ccccc1)Oc1ccccc1)(Oc1ccccc1)Oc1ccccc1. The molecule has 0 aliphatic heterocycles. The van der Waals surface area contributed by atoms with Gasteiger partial charge in [0.05, 0.1) is 0 Å². The second-order valence-electron chi connectivity index (χ2n) is 6.71. The normalized spacial score (nSPS) is 11.4. The lowest BCUT2D eigenvalue weighted by Gasteiger charge is -2.30. The van der Waals surface area contributed by atoms with Gasteiger partial charge in [-0.25, -0.2) is 0 Å². The average Bonchev–Trinajstić information content (AvgIpc) is 2.81. The van der Waals surface area contributed by atoms with E-state index in [2.05, 4.69) is 4.86 Å². The Balaban J connectivity index is 1.69. The van der Waals surface area contributed by atoms with Crippen LogP contribution in [0.1, 0.15) is 0 Å². The molecule has 0 spiro atoms. The molecule has 33 heavy (non-hydrogen) atoms. The van der Waals surface area contributed by atoms with Crippen molar-refractivity contribution in [2.24, 2.45) is 0 Å². The fourth-order valence-corrected chi connectivity index (χ4v) is 9.71. The summed E-state index contributed by atoms with van der Waals surface area (Å²) in [5.41, 5.74) is 0. The summed E-state index contributed by atoms with van der Waals surface area (Å²) >= 11 is 11.8. The monoisotopic (exact) mass is 513 g/mol. The molecule has 4 aromatic rings. The highest BCUT2D eigenvalue weighted by Gasteiger charge is 2.35. The molecular formula is C24H21NO4P2S2. The smallest absolute Gasteiger partial charge is 0.374 e. The molecule has 0 bridgehead atoms. The first-order chi connectivity index (χ1) is 16.0. The van der Waals surface area contributed by atoms with E-state index in [9.17, 15) is 0 Å². The minimum Gasteiger partial charge on any atom is -0.424 e. The van der Waals surface area contributed by atoms with E-state index in [0.29, 0.717) is 23.0 Å². The molecule has 0 aliphatic rings. The van der Waals surface area contributed by atoms with E-state index in [1.54, 1.807) is 48.5 Å². The number of benzene rings is 4. The van der Waals surface area contributed by atoms with Crippen LogP contribution in [-0.4, -0.2) is 0 Å². The highest BCUT2D eigenvalue weighted by molar-refractivity contribution is 8.17. The van der Waals surface area contributed by atoms with Crippen molar-refractivity contribution >= 4 is 36.9 Å². The van der Waals surface area contributed by atoms with Crippen molar-refractivity contribution in [2.45, 2.75) is 0 Å². The fraction of sp³-hybridized carbons (Fsp3) is 0. The molecule has 0 heterocycles. The minimum atomic E-state index is -3.28. The third-order valence-corrected chi connectivity index (χ3v) is 10.2. The number of rotatable bonds is 10. The molecule has 0 fully saturated rings. The molecule has 0 aliphatic carbocycles. The van der Waals surface area contributed by atoms with Gasteiger partial charge in [0.15, 0.2) is 0 Å². The average molecular weight is 514 g/mol. The van der Waals surface area contributed by atoms with Gasteiger partial charge >= 0.3 is 13.3 Å². The molecule has 9 heteroatoms. The first kappa shape index (κ1) is 23.5. The maximum absolute atomic E-state index is 6.17. The van der Waals surface area contributed by atoms with Gasteiger partial charge in [-0.3, -0.25) is 0 Å². The highest BCUT2D eigenvalue weighted by atomic mass is 32.5. The molecule has 168 valence electrons. The Hall–Kier alpha value is -2.66. The Kier molecular flexibility index (Phi) is 7.81. The molecule has 0 amide bonds. The van der Waals surface area contributed by atoms with Crippen LogP contribution in [0, 0.1) is 0 Å². The van der Waals surface area contributed by atoms with Crippen LogP contribution >= 0.6 is 13.3 Å². The first-order valence-electron chi connectivity index (χ1n) is 10.0. The lowest BCUT2D eigenvalue weighted by Crippen LogP contribution is -2.21. The summed E-state index contributed by atoms with van der Waals surface area (Å²) in [6.45, 7) is -6.56. The zero-order valence-electron chi connectivity index (χ0n) is 17.4. The molecule has 4 aromatic carbocycles. The Morgan fingerprint density at radius 2 is 0.606 bits per heavy atom. The van der Waals surface area contributed by atoms with Crippen molar-refractivity contribution in [3.05, 3.63) is 121 Å². The third kappa shape index (κ3) is 7.16. The lowest BCUT2D eigenvalue weighted by atomic mass is 10.3. The van der Waals surface area contributed by atoms with Crippen LogP contribution in [0.3, 0.4) is 0 Å². The standard InChI is InChI=1S/C24H21NO4P2S2/c32-30(26-21-13-5-1-6-14-21,27-22-15-7-2-8-16-22)25-31(33,28-23-17-9-3-10-18-23)29-24-19-11-4-12-20-24/h1-20H,(H,25,32,33). The number of hydrogen-bond acceptors (Lipinski definition) is 6. The molecule has 0 aromatic heterocycles. The van der Waals surface area contributed by atoms with Crippen LogP contribution in [0.4, 0.5) is 0 Å². The molecule has 1 N–H and O–H groups in total. The van der Waals surface area contributed by atoms with Gasteiger partial charge in [0.25, 0.3) is 0 Å². The van der Waals surface area contributed by atoms with Gasteiger partial charge in [-0.2, -0.15) is 0 Å². The van der Waals surface area contributed by atoms with E-state index >= 15 is 0 Å². The van der Waals surface area contributed by atoms with Crippen molar-refractivity contribution in [1.29, 1.82) is 0 Å². The highest BCUT2D eigenvalue weighted by Crippen LogP contribution is 2.57. The largest absolute Gasteiger partial charge is 0.424 e. The van der Waals surface area contributed by atoms with E-state index in [0.717, 1.165) is 0 Å². The predicted molar refractivity (Wildman–Crippen MR) is 140 cm³/mol. The maximum atomic E-state index is 6.17. The van der Waals surface area contributed by atoms with Gasteiger partial charge in [0.1, 0.15) is 23.0 Å². The van der Waals surface area contributed by atoms with E-state index < -0.39 is 13.3 Å². The molecule has 0 unspecified atom stereocenters. The van der Waals surface area contributed by atoms with Gasteiger partial charge in [-0.05, 0) is 48.5 Å². The Labute approximate surface area is 203 Å². The van der Waals surface area contributed by atoms with Gasteiger partial charge in [0, 0.05) is 23.6 Å². The second kappa shape index (κ2) is 11.0. The van der Waals surface area contributed by atoms with Crippen LogP contribution in [0.15, 0.2) is 121 Å². The number of hydrogen-bond donors (Lipinski definition) is 1. The fourth-order valence-electron chi connectivity index (χ4n) is 2.75. The molecular weight excluding hydrogens is 492 g/mol. The summed E-state index contributed by atoms with van der Waals surface area (Å²) in [4.78, 5) is 3.16. The quantitative estimate of drug-likeness (QED) is 0.223. The predicted octanol–water partition coefficient (Wildman–Crippen LogP) is 7.34. The summed E-state index contributed by atoms with van der Waals surface area (Å²) in [6, 6.07) is 36.8. The van der Waals surface area contributed by atoms with Crippen molar-refractivity contribution in [1.82, 2.24) is 4.86 Å². The molecule has 4 rings (SSSR count). The van der Waals surface area contributed by atoms with Gasteiger partial charge in [-0.1, -0.05) is 72.8 Å². The Morgan fingerprint density at radius 1 is 0.394 bits per heavy atom. The van der Waals surface area contributed by atoms with Crippen molar-refractivity contribution in [3.8, 4) is 23.0 Å². The molecule has 0 saturated heterocycles. The molecule has 0 atom stereocenters. The van der Waals surface area contributed by atoms with Gasteiger partial charge in [0.2, 0.25) is 0 Å². The minimum absolute atomic E-state index is 0.547. The summed E-state index contributed by atoms with van der Waals surface area (Å²) in [5.74, 6) is 2.19. The van der Waals surface area contributed by atoms with Crippen LogP contribution < -0.4 is 23.0 Å².